The van der Waals surface area contributed by atoms with Crippen molar-refractivity contribution in [1.82, 2.24) is 25.6 Å². The third kappa shape index (κ3) is 5.65. The van der Waals surface area contributed by atoms with Gasteiger partial charge in [-0.2, -0.15) is 5.10 Å². The number of hydrogen-bond donors (Lipinski definition) is 2. The summed E-state index contributed by atoms with van der Waals surface area (Å²) in [7, 11) is 1.22. The van der Waals surface area contributed by atoms with E-state index in [-0.39, 0.29) is 17.8 Å². The fourth-order valence-corrected chi connectivity index (χ4v) is 3.85. The molecule has 2 aromatic carbocycles. The molecule has 2 aromatic heterocycles. The molecule has 182 valence electrons. The number of hydrogen-bond acceptors (Lipinski definition) is 6. The van der Waals surface area contributed by atoms with Gasteiger partial charge in [0.25, 0.3) is 5.91 Å². The van der Waals surface area contributed by atoms with Gasteiger partial charge in [0.15, 0.2) is 5.82 Å². The normalized spacial score (nSPS) is 11.5. The van der Waals surface area contributed by atoms with Gasteiger partial charge in [0.1, 0.15) is 11.7 Å². The number of benzene rings is 2. The maximum Gasteiger partial charge on any atom is 0.313 e. The predicted molar refractivity (Wildman–Crippen MR) is 133 cm³/mol. The second-order valence-electron chi connectivity index (χ2n) is 7.73. The standard InChI is InChI=1S/C26H22ClN5O4/c1-36-31-26(35)23(33)21(15-17-9-4-2-5-10-17)29-25(34)19-13-8-14-28-24(19)32-16-20(27)22(30-32)18-11-6-3-7-12-18/h2-14,16,21H,15H2,1H3,(H,29,34)(H,31,35). The van der Waals surface area contributed by atoms with Gasteiger partial charge < -0.3 is 5.32 Å². The summed E-state index contributed by atoms with van der Waals surface area (Å²) >= 11 is 6.43. The number of carbonyl (C=O) groups excluding carboxylic acids is 3. The molecule has 0 fully saturated rings. The van der Waals surface area contributed by atoms with Crippen LogP contribution in [0.5, 0.6) is 0 Å². The largest absolute Gasteiger partial charge is 0.341 e. The van der Waals surface area contributed by atoms with Gasteiger partial charge in [-0.25, -0.2) is 15.1 Å². The van der Waals surface area contributed by atoms with Gasteiger partial charge in [-0.15, -0.1) is 0 Å². The van der Waals surface area contributed by atoms with E-state index in [2.05, 4.69) is 20.2 Å². The van der Waals surface area contributed by atoms with Crippen LogP contribution in [0.25, 0.3) is 17.1 Å². The summed E-state index contributed by atoms with van der Waals surface area (Å²) in [5.41, 5.74) is 4.25. The molecular formula is C26H22ClN5O4. The lowest BCUT2D eigenvalue weighted by Gasteiger charge is -2.18. The Labute approximate surface area is 212 Å². The molecule has 4 rings (SSSR count). The average Bonchev–Trinajstić information content (AvgIpc) is 3.30. The molecule has 1 atom stereocenters. The smallest absolute Gasteiger partial charge is 0.313 e. The molecule has 0 saturated carbocycles. The highest BCUT2D eigenvalue weighted by Gasteiger charge is 2.29. The lowest BCUT2D eigenvalue weighted by molar-refractivity contribution is -0.145. The van der Waals surface area contributed by atoms with Gasteiger partial charge in [-0.3, -0.25) is 19.2 Å². The molecule has 2 amide bonds. The Morgan fingerprint density at radius 3 is 2.39 bits per heavy atom. The summed E-state index contributed by atoms with van der Waals surface area (Å²) in [5, 5.41) is 7.57. The van der Waals surface area contributed by atoms with E-state index in [9.17, 15) is 14.4 Å². The molecule has 36 heavy (non-hydrogen) atoms. The van der Waals surface area contributed by atoms with Gasteiger partial charge >= 0.3 is 5.91 Å². The van der Waals surface area contributed by atoms with Crippen molar-refractivity contribution in [3.63, 3.8) is 0 Å². The summed E-state index contributed by atoms with van der Waals surface area (Å²) in [5.74, 6) is -2.22. The molecule has 0 spiro atoms. The Bertz CT molecular complexity index is 1380. The first kappa shape index (κ1) is 24.8. The molecule has 9 nitrogen and oxygen atoms in total. The van der Waals surface area contributed by atoms with Crippen molar-refractivity contribution in [2.24, 2.45) is 0 Å². The number of carbonyl (C=O) groups is 3. The van der Waals surface area contributed by atoms with Gasteiger partial charge in [0, 0.05) is 18.2 Å². The number of hydroxylamine groups is 1. The number of nitrogens with zero attached hydrogens (tertiary/aromatic N) is 3. The number of amides is 2. The summed E-state index contributed by atoms with van der Waals surface area (Å²) in [6.45, 7) is 0. The molecule has 0 saturated heterocycles. The zero-order valence-electron chi connectivity index (χ0n) is 19.2. The van der Waals surface area contributed by atoms with Crippen molar-refractivity contribution < 1.29 is 19.2 Å². The highest BCUT2D eigenvalue weighted by Crippen LogP contribution is 2.27. The molecular weight excluding hydrogens is 482 g/mol. The Morgan fingerprint density at radius 2 is 1.69 bits per heavy atom. The minimum absolute atomic E-state index is 0.101. The maximum absolute atomic E-state index is 13.3. The summed E-state index contributed by atoms with van der Waals surface area (Å²) in [6, 6.07) is 20.4. The van der Waals surface area contributed by atoms with E-state index in [1.807, 2.05) is 41.9 Å². The number of halogens is 1. The van der Waals surface area contributed by atoms with Gasteiger partial charge in [-0.05, 0) is 17.7 Å². The van der Waals surface area contributed by atoms with Gasteiger partial charge in [0.2, 0.25) is 5.78 Å². The minimum atomic E-state index is -1.15. The quantitative estimate of drug-likeness (QED) is 0.268. The number of rotatable bonds is 9. The van der Waals surface area contributed by atoms with Crippen molar-refractivity contribution in [3.05, 3.63) is 101 Å². The van der Waals surface area contributed by atoms with Crippen LogP contribution in [0.2, 0.25) is 5.02 Å². The van der Waals surface area contributed by atoms with Gasteiger partial charge in [-0.1, -0.05) is 72.3 Å². The predicted octanol–water partition coefficient (Wildman–Crippen LogP) is 3.18. The molecule has 0 aliphatic heterocycles. The van der Waals surface area contributed by atoms with Crippen LogP contribution in [0, 0.1) is 0 Å². The number of nitrogens with one attached hydrogen (secondary N) is 2. The topological polar surface area (TPSA) is 115 Å². The second-order valence-corrected chi connectivity index (χ2v) is 8.13. The van der Waals surface area contributed by atoms with Crippen LogP contribution in [0.4, 0.5) is 0 Å². The van der Waals surface area contributed by atoms with Crippen molar-refractivity contribution in [1.29, 1.82) is 0 Å². The highest BCUT2D eigenvalue weighted by molar-refractivity contribution is 6.38. The lowest BCUT2D eigenvalue weighted by Crippen LogP contribution is -2.48. The number of Topliss-reactive ketones (excluding diaryl/α,β-unsaturated/α-hetero) is 1. The van der Waals surface area contributed by atoms with E-state index in [1.165, 1.54) is 18.0 Å². The zero-order valence-corrected chi connectivity index (χ0v) is 20.0. The molecule has 0 radical (unpaired) electrons. The molecule has 2 N–H and O–H groups in total. The first-order valence-corrected chi connectivity index (χ1v) is 11.3. The third-order valence-corrected chi connectivity index (χ3v) is 5.56. The molecule has 0 bridgehead atoms. The van der Waals surface area contributed by atoms with Gasteiger partial charge in [0.05, 0.1) is 23.9 Å². The molecule has 0 aliphatic rings. The van der Waals surface area contributed by atoms with Crippen LogP contribution in [0.15, 0.2) is 85.2 Å². The maximum atomic E-state index is 13.3. The van der Waals surface area contributed by atoms with Crippen LogP contribution in [-0.4, -0.2) is 45.5 Å². The zero-order chi connectivity index (χ0) is 25.5. The Balaban J connectivity index is 1.64. The number of pyridine rings is 1. The van der Waals surface area contributed by atoms with Crippen LogP contribution < -0.4 is 10.8 Å². The van der Waals surface area contributed by atoms with Crippen LogP contribution in [0.3, 0.4) is 0 Å². The van der Waals surface area contributed by atoms with Crippen molar-refractivity contribution in [2.45, 2.75) is 12.5 Å². The van der Waals surface area contributed by atoms with Crippen LogP contribution in [0.1, 0.15) is 15.9 Å². The fourth-order valence-electron chi connectivity index (χ4n) is 3.61. The van der Waals surface area contributed by atoms with E-state index >= 15 is 0 Å². The molecule has 0 aliphatic carbocycles. The summed E-state index contributed by atoms with van der Waals surface area (Å²) < 4.78 is 1.41. The number of aromatic nitrogens is 3. The summed E-state index contributed by atoms with van der Waals surface area (Å²) in [6.07, 6.45) is 3.17. The molecule has 4 aromatic rings. The van der Waals surface area contributed by atoms with E-state index in [0.29, 0.717) is 10.7 Å². The second kappa shape index (κ2) is 11.4. The minimum Gasteiger partial charge on any atom is -0.341 e. The van der Waals surface area contributed by atoms with Crippen LogP contribution in [-0.2, 0) is 20.8 Å². The monoisotopic (exact) mass is 503 g/mol. The average molecular weight is 504 g/mol. The van der Waals surface area contributed by atoms with Crippen molar-refractivity contribution in [3.8, 4) is 17.1 Å². The Morgan fingerprint density at radius 1 is 1.00 bits per heavy atom. The Hall–Kier alpha value is -4.34. The molecule has 10 heteroatoms. The highest BCUT2D eigenvalue weighted by atomic mass is 35.5. The summed E-state index contributed by atoms with van der Waals surface area (Å²) in [4.78, 5) is 47.2. The first-order chi connectivity index (χ1) is 17.5. The van der Waals surface area contributed by atoms with Crippen LogP contribution >= 0.6 is 11.6 Å². The third-order valence-electron chi connectivity index (χ3n) is 5.29. The number of ketones is 1. The molecule has 2 heterocycles. The molecule has 1 unspecified atom stereocenters. The fraction of sp³-hybridized carbons (Fsp3) is 0.115. The first-order valence-electron chi connectivity index (χ1n) is 11.0. The van der Waals surface area contributed by atoms with Crippen molar-refractivity contribution in [2.75, 3.05) is 7.11 Å². The lowest BCUT2D eigenvalue weighted by atomic mass is 10.0. The van der Waals surface area contributed by atoms with E-state index in [1.54, 1.807) is 42.6 Å². The van der Waals surface area contributed by atoms with Crippen molar-refractivity contribution >= 4 is 29.2 Å². The van der Waals surface area contributed by atoms with E-state index < -0.39 is 23.6 Å². The van der Waals surface area contributed by atoms with E-state index in [4.69, 9.17) is 11.6 Å². The SMILES string of the molecule is CONC(=O)C(=O)C(Cc1ccccc1)NC(=O)c1cccnc1-n1cc(Cl)c(-c2ccccc2)n1. The Kier molecular flexibility index (Phi) is 7.84. The van der Waals surface area contributed by atoms with E-state index in [0.717, 1.165) is 11.1 Å².